The zero-order valence-corrected chi connectivity index (χ0v) is 12.8. The highest BCUT2D eigenvalue weighted by molar-refractivity contribution is 5.96. The van der Waals surface area contributed by atoms with Gasteiger partial charge in [-0.2, -0.15) is 0 Å². The summed E-state index contributed by atoms with van der Waals surface area (Å²) in [7, 11) is 0. The number of likely N-dealkylation sites (tertiary alicyclic amines) is 1. The van der Waals surface area contributed by atoms with Crippen molar-refractivity contribution in [1.29, 1.82) is 0 Å². The predicted molar refractivity (Wildman–Crippen MR) is 81.1 cm³/mol. The van der Waals surface area contributed by atoms with E-state index in [1.807, 2.05) is 0 Å². The van der Waals surface area contributed by atoms with Gasteiger partial charge in [-0.15, -0.1) is 0 Å². The number of nitrogens with zero attached hydrogens (tertiary/aromatic N) is 2. The molecular weight excluding hydrogens is 300 g/mol. The average molecular weight is 318 g/mol. The molecule has 1 saturated carbocycles. The standard InChI is InChI=1S/C16H18N2O5/c1-10-7-12(18(22)23)4-5-13(10)14(19)17-8-11-3-2-6-16(11,9-17)15(20)21/h4-5,7,11H,2-3,6,8-9H2,1H3,(H,20,21)/t11-,16+/m0/s1. The number of fused-ring (bicyclic) bond motifs is 1. The van der Waals surface area contributed by atoms with Gasteiger partial charge in [0.15, 0.2) is 0 Å². The maximum absolute atomic E-state index is 12.7. The van der Waals surface area contributed by atoms with Gasteiger partial charge in [0.25, 0.3) is 11.6 Å². The second-order valence-corrected chi connectivity index (χ2v) is 6.49. The van der Waals surface area contributed by atoms with E-state index in [9.17, 15) is 24.8 Å². The first-order valence-corrected chi connectivity index (χ1v) is 7.63. The molecule has 1 aliphatic carbocycles. The molecule has 0 aromatic heterocycles. The Bertz CT molecular complexity index is 702. The molecule has 1 N–H and O–H groups in total. The number of carboxylic acids is 1. The molecule has 2 aliphatic rings. The van der Waals surface area contributed by atoms with Crippen molar-refractivity contribution in [3.05, 3.63) is 39.4 Å². The van der Waals surface area contributed by atoms with Gasteiger partial charge in [-0.05, 0) is 37.3 Å². The first-order chi connectivity index (χ1) is 10.8. The molecule has 1 amide bonds. The summed E-state index contributed by atoms with van der Waals surface area (Å²) in [6.45, 7) is 2.33. The second-order valence-electron chi connectivity index (χ2n) is 6.49. The second kappa shape index (κ2) is 5.33. The van der Waals surface area contributed by atoms with Crippen molar-refractivity contribution < 1.29 is 19.6 Å². The van der Waals surface area contributed by atoms with Gasteiger partial charge < -0.3 is 10.0 Å². The Morgan fingerprint density at radius 1 is 1.43 bits per heavy atom. The summed E-state index contributed by atoms with van der Waals surface area (Å²) in [5, 5.41) is 20.4. The lowest BCUT2D eigenvalue weighted by atomic mass is 9.81. The van der Waals surface area contributed by atoms with Crippen LogP contribution in [0, 0.1) is 28.4 Å². The molecule has 0 radical (unpaired) electrons. The third kappa shape index (κ3) is 2.36. The quantitative estimate of drug-likeness (QED) is 0.680. The van der Waals surface area contributed by atoms with Gasteiger partial charge in [0.2, 0.25) is 0 Å². The molecule has 2 fully saturated rings. The highest BCUT2D eigenvalue weighted by Gasteiger charge is 2.55. The third-order valence-corrected chi connectivity index (χ3v) is 5.24. The molecule has 23 heavy (non-hydrogen) atoms. The number of rotatable bonds is 3. The summed E-state index contributed by atoms with van der Waals surface area (Å²) < 4.78 is 0. The lowest BCUT2D eigenvalue weighted by molar-refractivity contribution is -0.384. The monoisotopic (exact) mass is 318 g/mol. The third-order valence-electron chi connectivity index (χ3n) is 5.24. The number of aliphatic carboxylic acids is 1. The minimum Gasteiger partial charge on any atom is -0.481 e. The summed E-state index contributed by atoms with van der Waals surface area (Å²) >= 11 is 0. The highest BCUT2D eigenvalue weighted by Crippen LogP contribution is 2.49. The number of nitro groups is 1. The van der Waals surface area contributed by atoms with E-state index >= 15 is 0 Å². The zero-order chi connectivity index (χ0) is 16.8. The molecule has 0 unspecified atom stereocenters. The molecule has 2 atom stereocenters. The van der Waals surface area contributed by atoms with Crippen LogP contribution in [-0.4, -0.2) is 39.9 Å². The van der Waals surface area contributed by atoms with Gasteiger partial charge in [0.1, 0.15) is 0 Å². The minimum absolute atomic E-state index is 0.00213. The van der Waals surface area contributed by atoms with Crippen molar-refractivity contribution in [3.8, 4) is 0 Å². The van der Waals surface area contributed by atoms with Gasteiger partial charge in [-0.1, -0.05) is 6.42 Å². The Kier molecular flexibility index (Phi) is 3.58. The van der Waals surface area contributed by atoms with E-state index in [1.165, 1.54) is 18.2 Å². The predicted octanol–water partition coefficient (Wildman–Crippen LogP) is 2.23. The van der Waals surface area contributed by atoms with Crippen molar-refractivity contribution in [2.75, 3.05) is 13.1 Å². The van der Waals surface area contributed by atoms with E-state index in [0.717, 1.165) is 12.8 Å². The molecule has 0 bridgehead atoms. The van der Waals surface area contributed by atoms with Crippen LogP contribution >= 0.6 is 0 Å². The molecule has 1 saturated heterocycles. The number of aryl methyl sites for hydroxylation is 1. The number of hydrogen-bond acceptors (Lipinski definition) is 4. The van der Waals surface area contributed by atoms with Crippen molar-refractivity contribution >= 4 is 17.6 Å². The molecule has 0 spiro atoms. The number of carboxylic acid groups (broad SMARTS) is 1. The number of non-ortho nitro benzene ring substituents is 1. The van der Waals surface area contributed by atoms with Crippen LogP contribution in [0.1, 0.15) is 35.2 Å². The van der Waals surface area contributed by atoms with Crippen LogP contribution in [0.25, 0.3) is 0 Å². The van der Waals surface area contributed by atoms with E-state index < -0.39 is 16.3 Å². The van der Waals surface area contributed by atoms with Gasteiger partial charge in [-0.3, -0.25) is 19.7 Å². The van der Waals surface area contributed by atoms with Gasteiger partial charge >= 0.3 is 5.97 Å². The van der Waals surface area contributed by atoms with Crippen LogP contribution < -0.4 is 0 Å². The van der Waals surface area contributed by atoms with E-state index in [4.69, 9.17) is 0 Å². The van der Waals surface area contributed by atoms with Crippen molar-refractivity contribution in [2.24, 2.45) is 11.3 Å². The van der Waals surface area contributed by atoms with E-state index in [1.54, 1.807) is 11.8 Å². The largest absolute Gasteiger partial charge is 0.481 e. The topological polar surface area (TPSA) is 101 Å². The summed E-state index contributed by atoms with van der Waals surface area (Å²) in [5.74, 6) is -1.06. The molecule has 7 nitrogen and oxygen atoms in total. The number of hydrogen-bond donors (Lipinski definition) is 1. The average Bonchev–Trinajstić information content (AvgIpc) is 3.04. The van der Waals surface area contributed by atoms with Crippen LogP contribution in [0.2, 0.25) is 0 Å². The van der Waals surface area contributed by atoms with Crippen LogP contribution in [0.15, 0.2) is 18.2 Å². The lowest BCUT2D eigenvalue weighted by Crippen LogP contribution is -2.37. The summed E-state index contributed by atoms with van der Waals surface area (Å²) in [5.41, 5.74) is 0.0609. The Balaban J connectivity index is 1.85. The Morgan fingerprint density at radius 3 is 2.74 bits per heavy atom. The Morgan fingerprint density at radius 2 is 2.17 bits per heavy atom. The van der Waals surface area contributed by atoms with Crippen molar-refractivity contribution in [2.45, 2.75) is 26.2 Å². The first kappa shape index (κ1) is 15.5. The van der Waals surface area contributed by atoms with Crippen LogP contribution in [0.5, 0.6) is 0 Å². The minimum atomic E-state index is -0.823. The highest BCUT2D eigenvalue weighted by atomic mass is 16.6. The number of amides is 1. The summed E-state index contributed by atoms with van der Waals surface area (Å²) in [6, 6.07) is 4.14. The van der Waals surface area contributed by atoms with Gasteiger partial charge in [-0.25, -0.2) is 0 Å². The van der Waals surface area contributed by atoms with E-state index in [0.29, 0.717) is 24.1 Å². The molecule has 3 rings (SSSR count). The molecule has 122 valence electrons. The maximum Gasteiger partial charge on any atom is 0.311 e. The fraction of sp³-hybridized carbons (Fsp3) is 0.500. The normalized spacial score (nSPS) is 26.1. The van der Waals surface area contributed by atoms with E-state index in [2.05, 4.69) is 0 Å². The molecular formula is C16H18N2O5. The fourth-order valence-electron chi connectivity index (χ4n) is 3.97. The van der Waals surface area contributed by atoms with Crippen LogP contribution in [0.4, 0.5) is 5.69 Å². The molecule has 1 aliphatic heterocycles. The number of nitro benzene ring substituents is 1. The molecule has 1 aromatic rings. The number of benzene rings is 1. The van der Waals surface area contributed by atoms with Crippen LogP contribution in [0.3, 0.4) is 0 Å². The SMILES string of the molecule is Cc1cc([N+](=O)[O-])ccc1C(=O)N1C[C@@H]2CCC[C@@]2(C(=O)O)C1. The Labute approximate surface area is 133 Å². The van der Waals surface area contributed by atoms with E-state index in [-0.39, 0.29) is 24.1 Å². The fourth-order valence-corrected chi connectivity index (χ4v) is 3.97. The van der Waals surface area contributed by atoms with Gasteiger partial charge in [0, 0.05) is 30.8 Å². The summed E-state index contributed by atoms with van der Waals surface area (Å²) in [6.07, 6.45) is 2.32. The number of carbonyl (C=O) groups excluding carboxylic acids is 1. The Hall–Kier alpha value is -2.44. The smallest absolute Gasteiger partial charge is 0.311 e. The maximum atomic E-state index is 12.7. The lowest BCUT2D eigenvalue weighted by Gasteiger charge is -2.23. The molecule has 7 heteroatoms. The van der Waals surface area contributed by atoms with Crippen LogP contribution in [-0.2, 0) is 4.79 Å². The number of carbonyl (C=O) groups is 2. The zero-order valence-electron chi connectivity index (χ0n) is 12.8. The first-order valence-electron chi connectivity index (χ1n) is 7.63. The molecule has 1 heterocycles. The molecule has 1 aromatic carbocycles. The summed E-state index contributed by atoms with van der Waals surface area (Å²) in [4.78, 5) is 36.3. The van der Waals surface area contributed by atoms with Crippen molar-refractivity contribution in [1.82, 2.24) is 4.90 Å². The van der Waals surface area contributed by atoms with Crippen molar-refractivity contribution in [3.63, 3.8) is 0 Å². The van der Waals surface area contributed by atoms with Gasteiger partial charge in [0.05, 0.1) is 10.3 Å².